The number of anilines is 1. The summed E-state index contributed by atoms with van der Waals surface area (Å²) in [5.41, 5.74) is 5.31. The number of carboxylic acid groups (broad SMARTS) is 1. The second-order valence-electron chi connectivity index (χ2n) is 4.00. The van der Waals surface area contributed by atoms with Gasteiger partial charge in [0.1, 0.15) is 0 Å². The van der Waals surface area contributed by atoms with Crippen LogP contribution >= 0.6 is 0 Å². The molecule has 1 rings (SSSR count). The summed E-state index contributed by atoms with van der Waals surface area (Å²) >= 11 is 0. The van der Waals surface area contributed by atoms with E-state index in [1.165, 1.54) is 11.5 Å². The Morgan fingerprint density at radius 2 is 2.28 bits per heavy atom. The molecular formula is C11H16N3O4-. The van der Waals surface area contributed by atoms with E-state index in [1.54, 1.807) is 0 Å². The van der Waals surface area contributed by atoms with E-state index >= 15 is 0 Å². The summed E-state index contributed by atoms with van der Waals surface area (Å²) in [6.07, 6.45) is 1.15. The number of hydrogen-bond acceptors (Lipinski definition) is 6. The molecule has 1 unspecified atom stereocenters. The summed E-state index contributed by atoms with van der Waals surface area (Å²) in [5, 5.41) is 19.3. The second-order valence-corrected chi connectivity index (χ2v) is 4.00. The number of carboxylic acids is 1. The van der Waals surface area contributed by atoms with E-state index in [0.29, 0.717) is 19.4 Å². The van der Waals surface area contributed by atoms with Crippen molar-refractivity contribution < 1.29 is 15.0 Å². The number of nitrogen functional groups attached to an aromatic ring is 1. The average molecular weight is 254 g/mol. The van der Waals surface area contributed by atoms with Crippen molar-refractivity contribution in [1.29, 1.82) is 0 Å². The molecule has 0 saturated heterocycles. The van der Waals surface area contributed by atoms with E-state index in [-0.39, 0.29) is 18.2 Å². The highest BCUT2D eigenvalue weighted by molar-refractivity contribution is 5.72. The summed E-state index contributed by atoms with van der Waals surface area (Å²) < 4.78 is 1.25. The number of aliphatic carboxylic acids is 1. The zero-order chi connectivity index (χ0) is 13.7. The minimum atomic E-state index is -1.31. The zero-order valence-electron chi connectivity index (χ0n) is 10.1. The topological polar surface area (TPSA) is 121 Å². The van der Waals surface area contributed by atoms with Crippen LogP contribution < -0.4 is 16.4 Å². The van der Waals surface area contributed by atoms with Crippen LogP contribution in [0.5, 0.6) is 0 Å². The number of rotatable bonds is 6. The van der Waals surface area contributed by atoms with Gasteiger partial charge in [-0.05, 0) is 12.8 Å². The molecule has 3 N–H and O–H groups in total. The van der Waals surface area contributed by atoms with Crippen molar-refractivity contribution in [2.75, 3.05) is 12.3 Å². The maximum Gasteiger partial charge on any atom is 0.255 e. The fourth-order valence-electron chi connectivity index (χ4n) is 1.49. The third-order valence-corrected chi connectivity index (χ3v) is 2.64. The maximum atomic E-state index is 11.7. The lowest BCUT2D eigenvalue weighted by molar-refractivity contribution is -0.307. The monoisotopic (exact) mass is 254 g/mol. The van der Waals surface area contributed by atoms with Crippen molar-refractivity contribution in [3.63, 3.8) is 0 Å². The Balaban J connectivity index is 2.98. The summed E-state index contributed by atoms with van der Waals surface area (Å²) in [7, 11) is 0. The third kappa shape index (κ3) is 3.30. The standard InChI is InChI=1S/C11H17N3O4/c1-7(10(17)18)8-6-9(16)14(11(12)13-8)4-2-3-5-15/h6-7,15H,2-5H2,1H3,(H2,12,13)(H,17,18)/p-1. The number of carbonyl (C=O) groups excluding carboxylic acids is 1. The fraction of sp³-hybridized carbons (Fsp3) is 0.545. The van der Waals surface area contributed by atoms with Gasteiger partial charge >= 0.3 is 0 Å². The van der Waals surface area contributed by atoms with E-state index in [2.05, 4.69) is 4.98 Å². The minimum Gasteiger partial charge on any atom is -0.549 e. The maximum absolute atomic E-state index is 11.7. The van der Waals surface area contributed by atoms with Gasteiger partial charge in [-0.3, -0.25) is 9.36 Å². The van der Waals surface area contributed by atoms with Gasteiger partial charge < -0.3 is 20.7 Å². The molecule has 7 nitrogen and oxygen atoms in total. The van der Waals surface area contributed by atoms with Gasteiger partial charge in [0.2, 0.25) is 5.95 Å². The molecule has 1 atom stereocenters. The largest absolute Gasteiger partial charge is 0.549 e. The van der Waals surface area contributed by atoms with Crippen LogP contribution in [-0.2, 0) is 11.3 Å². The number of carbonyl (C=O) groups is 1. The van der Waals surface area contributed by atoms with Gasteiger partial charge in [-0.15, -0.1) is 0 Å². The molecule has 0 aliphatic carbocycles. The molecule has 0 saturated carbocycles. The Kier molecular flexibility index (Phi) is 4.85. The number of unbranched alkanes of at least 4 members (excludes halogenated alkanes) is 1. The van der Waals surface area contributed by atoms with Crippen molar-refractivity contribution >= 4 is 11.9 Å². The molecule has 0 aliphatic rings. The molecule has 100 valence electrons. The Hall–Kier alpha value is -1.89. The van der Waals surface area contributed by atoms with E-state index in [1.807, 2.05) is 0 Å². The summed E-state index contributed by atoms with van der Waals surface area (Å²) in [4.78, 5) is 26.3. The highest BCUT2D eigenvalue weighted by Crippen LogP contribution is 2.11. The zero-order valence-corrected chi connectivity index (χ0v) is 10.1. The highest BCUT2D eigenvalue weighted by Gasteiger charge is 2.12. The number of aliphatic hydroxyl groups excluding tert-OH is 1. The molecular weight excluding hydrogens is 238 g/mol. The number of nitrogens with two attached hydrogens (primary N) is 1. The lowest BCUT2D eigenvalue weighted by atomic mass is 10.1. The molecule has 18 heavy (non-hydrogen) atoms. The number of aromatic nitrogens is 2. The van der Waals surface area contributed by atoms with E-state index in [0.717, 1.165) is 6.07 Å². The normalized spacial score (nSPS) is 12.3. The fourth-order valence-corrected chi connectivity index (χ4v) is 1.49. The van der Waals surface area contributed by atoms with Gasteiger partial charge in [0.25, 0.3) is 5.56 Å². The van der Waals surface area contributed by atoms with Crippen LogP contribution in [0.4, 0.5) is 5.95 Å². The second kappa shape index (κ2) is 6.15. The van der Waals surface area contributed by atoms with E-state index < -0.39 is 17.4 Å². The molecule has 1 heterocycles. The average Bonchev–Trinajstić information content (AvgIpc) is 2.31. The van der Waals surface area contributed by atoms with Gasteiger partial charge in [-0.2, -0.15) is 0 Å². The molecule has 0 aliphatic heterocycles. The van der Waals surface area contributed by atoms with Crippen molar-refractivity contribution in [2.45, 2.75) is 32.2 Å². The first-order valence-corrected chi connectivity index (χ1v) is 5.66. The lowest BCUT2D eigenvalue weighted by Crippen LogP contribution is -2.31. The van der Waals surface area contributed by atoms with Gasteiger partial charge in [0.15, 0.2) is 0 Å². The van der Waals surface area contributed by atoms with Gasteiger partial charge in [-0.1, -0.05) is 6.92 Å². The van der Waals surface area contributed by atoms with Gasteiger partial charge in [0.05, 0.1) is 11.7 Å². The first kappa shape index (κ1) is 14.2. The Morgan fingerprint density at radius 1 is 1.61 bits per heavy atom. The number of nitrogens with zero attached hydrogens (tertiary/aromatic N) is 2. The van der Waals surface area contributed by atoms with Crippen LogP contribution in [0, 0.1) is 0 Å². The quantitative estimate of drug-likeness (QED) is 0.593. The summed E-state index contributed by atoms with van der Waals surface area (Å²) in [6.45, 7) is 1.77. The van der Waals surface area contributed by atoms with Gasteiger partial charge in [-0.25, -0.2) is 4.98 Å². The first-order valence-electron chi connectivity index (χ1n) is 5.66. The van der Waals surface area contributed by atoms with Crippen molar-refractivity contribution in [3.05, 3.63) is 22.1 Å². The molecule has 1 aromatic heterocycles. The van der Waals surface area contributed by atoms with Crippen LogP contribution in [0.15, 0.2) is 10.9 Å². The Morgan fingerprint density at radius 3 is 2.78 bits per heavy atom. The smallest absolute Gasteiger partial charge is 0.255 e. The molecule has 0 fully saturated rings. The minimum absolute atomic E-state index is 0.0245. The molecule has 7 heteroatoms. The molecule has 0 bridgehead atoms. The van der Waals surface area contributed by atoms with Crippen molar-refractivity contribution in [2.24, 2.45) is 0 Å². The van der Waals surface area contributed by atoms with Crippen molar-refractivity contribution in [1.82, 2.24) is 9.55 Å². The van der Waals surface area contributed by atoms with Crippen LogP contribution in [0.2, 0.25) is 0 Å². The van der Waals surface area contributed by atoms with Crippen LogP contribution in [0.3, 0.4) is 0 Å². The number of aliphatic hydroxyl groups is 1. The highest BCUT2D eigenvalue weighted by atomic mass is 16.4. The van der Waals surface area contributed by atoms with Crippen LogP contribution in [-0.4, -0.2) is 27.2 Å². The Labute approximate surface area is 104 Å². The Bertz CT molecular complexity index is 484. The predicted molar refractivity (Wildman–Crippen MR) is 62.7 cm³/mol. The molecule has 0 aromatic carbocycles. The lowest BCUT2D eigenvalue weighted by Gasteiger charge is -2.14. The third-order valence-electron chi connectivity index (χ3n) is 2.64. The predicted octanol–water partition coefficient (Wildman–Crippen LogP) is -1.55. The van der Waals surface area contributed by atoms with Gasteiger partial charge in [0, 0.05) is 25.1 Å². The SMILES string of the molecule is CC(C(=O)[O-])c1cc(=O)n(CCCCO)c(N)n1. The summed E-state index contributed by atoms with van der Waals surface area (Å²) in [5.74, 6) is -2.31. The van der Waals surface area contributed by atoms with Crippen LogP contribution in [0.25, 0.3) is 0 Å². The molecule has 0 amide bonds. The molecule has 0 radical (unpaired) electrons. The first-order chi connectivity index (χ1) is 8.47. The van der Waals surface area contributed by atoms with E-state index in [4.69, 9.17) is 10.8 Å². The summed E-state index contributed by atoms with van der Waals surface area (Å²) in [6, 6.07) is 1.15. The van der Waals surface area contributed by atoms with E-state index in [9.17, 15) is 14.7 Å². The van der Waals surface area contributed by atoms with Crippen molar-refractivity contribution in [3.8, 4) is 0 Å². The molecule has 1 aromatic rings. The van der Waals surface area contributed by atoms with Crippen LogP contribution in [0.1, 0.15) is 31.4 Å². The number of hydrogen-bond donors (Lipinski definition) is 2. The molecule has 0 spiro atoms.